The van der Waals surface area contributed by atoms with Crippen molar-refractivity contribution in [3.63, 3.8) is 0 Å². The molecule has 0 saturated heterocycles. The number of aldehydes is 1. The topological polar surface area (TPSA) is 167 Å². The fourth-order valence-electron chi connectivity index (χ4n) is 8.50. The van der Waals surface area contributed by atoms with Crippen molar-refractivity contribution >= 4 is 51.4 Å². The zero-order valence-corrected chi connectivity index (χ0v) is 48.9. The van der Waals surface area contributed by atoms with Gasteiger partial charge in [-0.3, -0.25) is 13.6 Å². The van der Waals surface area contributed by atoms with Gasteiger partial charge in [-0.1, -0.05) is 119 Å². The van der Waals surface area contributed by atoms with Crippen LogP contribution in [0, 0.1) is 40.7 Å². The van der Waals surface area contributed by atoms with Crippen LogP contribution in [-0.4, -0.2) is 66.7 Å². The van der Waals surface area contributed by atoms with Crippen molar-refractivity contribution in [2.45, 2.75) is 197 Å². The molecule has 4 unspecified atom stereocenters. The molecule has 424 valence electrons. The van der Waals surface area contributed by atoms with E-state index in [1.54, 1.807) is 16.7 Å². The number of carbonyl (C=O) groups is 1. The molecule has 2 aromatic carbocycles. The minimum absolute atomic E-state index is 0.118. The highest BCUT2D eigenvalue weighted by atomic mass is 35.5. The number of benzene rings is 2. The van der Waals surface area contributed by atoms with E-state index in [-0.39, 0.29) is 54.1 Å². The number of nitrogens with zero attached hydrogens (tertiary/aromatic N) is 3. The Balaban J connectivity index is 0.00000114. The number of hydrogen-bond donors (Lipinski definition) is 3. The molecule has 2 aliphatic carbocycles. The number of hydrogen-bond acceptors (Lipinski definition) is 9. The number of halogens is 6. The van der Waals surface area contributed by atoms with Gasteiger partial charge in [0.15, 0.2) is 5.65 Å². The van der Waals surface area contributed by atoms with Gasteiger partial charge in [-0.2, -0.15) is 0 Å². The molecular weight excluding hydrogens is 1010 g/mol. The van der Waals surface area contributed by atoms with Crippen molar-refractivity contribution < 1.29 is 35.5 Å². The molecule has 2 fully saturated rings. The van der Waals surface area contributed by atoms with Crippen LogP contribution in [0.1, 0.15) is 207 Å². The van der Waals surface area contributed by atoms with Gasteiger partial charge >= 0.3 is 0 Å². The third-order valence-corrected chi connectivity index (χ3v) is 13.6. The zero-order valence-electron chi connectivity index (χ0n) is 47.3. The first kappa shape index (κ1) is 68.9. The van der Waals surface area contributed by atoms with Crippen LogP contribution in [-0.2, 0) is 22.3 Å². The molecule has 4 N–H and O–H groups in total. The van der Waals surface area contributed by atoms with Crippen LogP contribution in [0.25, 0.3) is 16.7 Å². The smallest absolute Gasteiger partial charge is 0.267 e. The molecule has 2 aliphatic rings. The third-order valence-electron chi connectivity index (χ3n) is 13.2. The number of carbonyl (C=O) groups excluding carboxylic acids is 1. The van der Waals surface area contributed by atoms with Gasteiger partial charge in [-0.05, 0) is 142 Å². The molecule has 0 amide bonds. The Morgan fingerprint density at radius 1 is 0.933 bits per heavy atom. The second kappa shape index (κ2) is 34.6. The maximum Gasteiger partial charge on any atom is 0.267 e. The molecule has 6 rings (SSSR count). The third kappa shape index (κ3) is 22.4. The summed E-state index contributed by atoms with van der Waals surface area (Å²) in [7, 11) is 0. The summed E-state index contributed by atoms with van der Waals surface area (Å²) in [6, 6.07) is 8.87. The van der Waals surface area contributed by atoms with Gasteiger partial charge in [-0.15, -0.1) is 0 Å². The lowest BCUT2D eigenvalue weighted by atomic mass is 9.83. The Hall–Kier alpha value is -4.12. The van der Waals surface area contributed by atoms with E-state index in [0.717, 1.165) is 69.2 Å². The second-order valence-electron chi connectivity index (χ2n) is 20.1. The minimum atomic E-state index is -2.70. The van der Waals surface area contributed by atoms with E-state index in [1.165, 1.54) is 19.1 Å². The molecule has 5 atom stereocenters. The highest BCUT2D eigenvalue weighted by Gasteiger charge is 2.38. The van der Waals surface area contributed by atoms with Gasteiger partial charge in [-0.25, -0.2) is 31.9 Å². The first-order valence-electron chi connectivity index (χ1n) is 27.1. The van der Waals surface area contributed by atoms with Gasteiger partial charge in [0, 0.05) is 54.3 Å². The number of nitrogens with one attached hydrogen (secondary N) is 2. The van der Waals surface area contributed by atoms with E-state index in [9.17, 15) is 22.0 Å². The first-order chi connectivity index (χ1) is 35.3. The molecule has 17 heteroatoms. The SMILES string of the molecule is CC.CC=O.CCC(C)CCNc1c(-n2c(C(Cc3cc(F)cc(F)c3)C(C)C)nc3nc(C4CCC(F)(F)CC4)cc(C4CC4)c3c2=O)ccc(Cl)c1C(=N)C(C)C.CCC(F)C[C@@H](C)CC.CCN.CS(=O)[O-]. The predicted molar refractivity (Wildman–Crippen MR) is 302 cm³/mol. The maximum absolute atomic E-state index is 15.4. The van der Waals surface area contributed by atoms with Crippen molar-refractivity contribution in [1.82, 2.24) is 14.5 Å². The summed E-state index contributed by atoms with van der Waals surface area (Å²) in [5, 5.41) is 13.5. The quantitative estimate of drug-likeness (QED) is 0.0383. The summed E-state index contributed by atoms with van der Waals surface area (Å²) in [5.74, 6) is -3.64. The number of anilines is 1. The monoisotopic (exact) mass is 1100 g/mol. The van der Waals surface area contributed by atoms with Crippen LogP contribution < -0.4 is 16.6 Å². The van der Waals surface area contributed by atoms with Crippen molar-refractivity contribution in [2.75, 3.05) is 24.7 Å². The molecule has 2 aromatic heterocycles. The van der Waals surface area contributed by atoms with Crippen LogP contribution in [0.4, 0.5) is 27.6 Å². The highest BCUT2D eigenvalue weighted by molar-refractivity contribution is 7.78. The van der Waals surface area contributed by atoms with Crippen molar-refractivity contribution in [2.24, 2.45) is 29.4 Å². The Kier molecular flexibility index (Phi) is 31.8. The lowest BCUT2D eigenvalue weighted by Crippen LogP contribution is -2.31. The van der Waals surface area contributed by atoms with E-state index in [0.29, 0.717) is 87.8 Å². The fourth-order valence-corrected chi connectivity index (χ4v) is 8.76. The number of fused-ring (bicyclic) bond motifs is 1. The predicted octanol–water partition coefficient (Wildman–Crippen LogP) is 15.6. The summed E-state index contributed by atoms with van der Waals surface area (Å²) in [6.07, 6.45) is 7.73. The number of alkyl halides is 3. The standard InChI is InChI=1S/C43H52ClF4N5O.C8H17F.C2H7N.C2H4O.C2H6.CH4O2S/c1-7-25(6)14-17-50-39-35(11-10-33(44)37(39)38(49)24(4)5)53-41(31(23(2)3)20-26-18-29(45)21-30(46)19-26)52-40-36(42(53)54)32(27-8-9-27)22-34(51-40)28-12-15-43(47,48)16-13-28;1-4-7(3)6-8(9)5-2;2*1-2-3;1-2;1-4(2)3/h10-11,18-19,21-25,27-28,31,49-50H,7-9,12-17,20H2,1-6H3;7-8H,4-6H2,1-3H3;2-3H2,1H3;2H,1H3;1-2H3;1H3,(H,2,3)/p-1/t;7-,8?;;;;/m.0..../s1. The summed E-state index contributed by atoms with van der Waals surface area (Å²) in [6.45, 7) is 26.9. The summed E-state index contributed by atoms with van der Waals surface area (Å²) < 4.78 is 89.8. The second-order valence-corrected chi connectivity index (χ2v) is 21.3. The molecule has 2 saturated carbocycles. The van der Waals surface area contributed by atoms with Crippen LogP contribution in [0.15, 0.2) is 41.2 Å². The van der Waals surface area contributed by atoms with E-state index in [2.05, 4.69) is 33.0 Å². The minimum Gasteiger partial charge on any atom is -0.773 e. The summed E-state index contributed by atoms with van der Waals surface area (Å²) in [4.78, 5) is 34.4. The molecule has 0 radical (unpaired) electrons. The molecule has 0 aliphatic heterocycles. The largest absolute Gasteiger partial charge is 0.773 e. The summed E-state index contributed by atoms with van der Waals surface area (Å²) in [5.41, 5.74) is 8.54. The lowest BCUT2D eigenvalue weighted by Gasteiger charge is -2.29. The molecule has 4 aromatic rings. The maximum atomic E-state index is 15.4. The van der Waals surface area contributed by atoms with Crippen molar-refractivity contribution in [3.8, 4) is 5.69 Å². The van der Waals surface area contributed by atoms with Crippen LogP contribution in [0.5, 0.6) is 0 Å². The average molecular weight is 1100 g/mol. The van der Waals surface area contributed by atoms with Crippen molar-refractivity contribution in [3.05, 3.63) is 91.6 Å². The fraction of sp³-hybridized carbons (Fsp3) is 0.638. The molecule has 0 bridgehead atoms. The molecule has 2 heterocycles. The average Bonchev–Trinajstić information content (AvgIpc) is 4.20. The Bertz CT molecular complexity index is 2410. The highest BCUT2D eigenvalue weighted by Crippen LogP contribution is 2.46. The molecule has 75 heavy (non-hydrogen) atoms. The van der Waals surface area contributed by atoms with E-state index in [1.807, 2.05) is 61.5 Å². The van der Waals surface area contributed by atoms with Gasteiger partial charge in [0.2, 0.25) is 5.92 Å². The molecular formula is C58H89ClF5N6O4S-. The van der Waals surface area contributed by atoms with Gasteiger partial charge in [0.25, 0.3) is 5.56 Å². The van der Waals surface area contributed by atoms with E-state index >= 15 is 4.79 Å². The zero-order chi connectivity index (χ0) is 57.3. The van der Waals surface area contributed by atoms with E-state index < -0.39 is 40.7 Å². The lowest BCUT2D eigenvalue weighted by molar-refractivity contribution is -0.106. The Morgan fingerprint density at radius 2 is 1.47 bits per heavy atom. The van der Waals surface area contributed by atoms with Crippen molar-refractivity contribution in [1.29, 1.82) is 5.41 Å². The molecule has 10 nitrogen and oxygen atoms in total. The van der Waals surface area contributed by atoms with Gasteiger partial charge in [0.05, 0.1) is 21.8 Å². The van der Waals surface area contributed by atoms with Gasteiger partial charge in [0.1, 0.15) is 29.9 Å². The summed E-state index contributed by atoms with van der Waals surface area (Å²) >= 11 is 5.03. The number of pyridine rings is 1. The normalized spacial score (nSPS) is 15.9. The Labute approximate surface area is 453 Å². The van der Waals surface area contributed by atoms with E-state index in [4.69, 9.17) is 46.3 Å². The number of nitrogens with two attached hydrogens (primary N) is 1. The molecule has 0 spiro atoms. The number of aromatic nitrogens is 3. The van der Waals surface area contributed by atoms with Crippen LogP contribution in [0.2, 0.25) is 5.02 Å². The number of rotatable bonds is 18. The van der Waals surface area contributed by atoms with Crippen LogP contribution >= 0.6 is 11.6 Å². The van der Waals surface area contributed by atoms with Crippen LogP contribution in [0.3, 0.4) is 0 Å². The van der Waals surface area contributed by atoms with Gasteiger partial charge < -0.3 is 25.8 Å². The Morgan fingerprint density at radius 3 is 1.93 bits per heavy atom. The first-order valence-corrected chi connectivity index (χ1v) is 28.9.